The highest BCUT2D eigenvalue weighted by molar-refractivity contribution is 5.76. The standard InChI is InChI=1S/C23H34N2O4/c1-5-16-29-22(27)25-14-12-19(13-15-25)24-21(26)7-6-17-28-20-10-8-18(9-11-20)23(2,3)4/h5,8-11,19H,1,6-7,12-17H2,2-4H3,(H,24,26). The van der Waals surface area contributed by atoms with E-state index in [9.17, 15) is 9.59 Å². The summed E-state index contributed by atoms with van der Waals surface area (Å²) in [7, 11) is 0. The number of piperidine rings is 1. The molecule has 2 rings (SSSR count). The van der Waals surface area contributed by atoms with Crippen molar-refractivity contribution in [3.05, 3.63) is 42.5 Å². The van der Waals surface area contributed by atoms with Crippen LogP contribution in [0.3, 0.4) is 0 Å². The number of carbonyl (C=O) groups excluding carboxylic acids is 2. The molecular formula is C23H34N2O4. The van der Waals surface area contributed by atoms with Crippen LogP contribution >= 0.6 is 0 Å². The van der Waals surface area contributed by atoms with Crippen LogP contribution in [0.15, 0.2) is 36.9 Å². The van der Waals surface area contributed by atoms with E-state index in [0.29, 0.717) is 32.5 Å². The quantitative estimate of drug-likeness (QED) is 0.526. The van der Waals surface area contributed by atoms with Gasteiger partial charge in [-0.2, -0.15) is 0 Å². The Kier molecular flexibility index (Phi) is 8.55. The topological polar surface area (TPSA) is 67.9 Å². The van der Waals surface area contributed by atoms with Gasteiger partial charge in [-0.1, -0.05) is 45.6 Å². The van der Waals surface area contributed by atoms with Crippen molar-refractivity contribution in [1.29, 1.82) is 0 Å². The molecule has 0 unspecified atom stereocenters. The molecule has 2 amide bonds. The Bertz CT molecular complexity index is 671. The third kappa shape index (κ3) is 7.80. The number of likely N-dealkylation sites (tertiary alicyclic amines) is 1. The Morgan fingerprint density at radius 1 is 1.21 bits per heavy atom. The number of rotatable bonds is 8. The summed E-state index contributed by atoms with van der Waals surface area (Å²) in [5.41, 5.74) is 1.39. The molecule has 1 fully saturated rings. The lowest BCUT2D eigenvalue weighted by Gasteiger charge is -2.31. The van der Waals surface area contributed by atoms with E-state index in [1.54, 1.807) is 11.0 Å². The number of carbonyl (C=O) groups is 2. The van der Waals surface area contributed by atoms with E-state index in [1.807, 2.05) is 12.1 Å². The molecule has 29 heavy (non-hydrogen) atoms. The fourth-order valence-corrected chi connectivity index (χ4v) is 3.20. The minimum Gasteiger partial charge on any atom is -0.494 e. The van der Waals surface area contributed by atoms with E-state index < -0.39 is 0 Å². The highest BCUT2D eigenvalue weighted by Gasteiger charge is 2.24. The average molecular weight is 403 g/mol. The maximum absolute atomic E-state index is 12.2. The third-order valence-corrected chi connectivity index (χ3v) is 4.98. The minimum absolute atomic E-state index is 0.0318. The van der Waals surface area contributed by atoms with Crippen molar-refractivity contribution in [3.63, 3.8) is 0 Å². The minimum atomic E-state index is -0.317. The van der Waals surface area contributed by atoms with Gasteiger partial charge in [-0.3, -0.25) is 4.79 Å². The van der Waals surface area contributed by atoms with Crippen LogP contribution in [0.2, 0.25) is 0 Å². The molecule has 0 aromatic heterocycles. The molecule has 1 heterocycles. The zero-order valence-electron chi connectivity index (χ0n) is 17.9. The van der Waals surface area contributed by atoms with E-state index in [-0.39, 0.29) is 30.1 Å². The summed E-state index contributed by atoms with van der Waals surface area (Å²) >= 11 is 0. The number of amides is 2. The summed E-state index contributed by atoms with van der Waals surface area (Å²) in [4.78, 5) is 25.6. The van der Waals surface area contributed by atoms with Crippen molar-refractivity contribution in [2.24, 2.45) is 0 Å². The van der Waals surface area contributed by atoms with E-state index in [2.05, 4.69) is 44.8 Å². The third-order valence-electron chi connectivity index (χ3n) is 4.98. The second-order valence-corrected chi connectivity index (χ2v) is 8.42. The van der Waals surface area contributed by atoms with Gasteiger partial charge in [0.1, 0.15) is 12.4 Å². The lowest BCUT2D eigenvalue weighted by Crippen LogP contribution is -2.46. The van der Waals surface area contributed by atoms with E-state index in [4.69, 9.17) is 9.47 Å². The van der Waals surface area contributed by atoms with Crippen molar-refractivity contribution in [2.45, 2.75) is 57.9 Å². The molecule has 1 aromatic carbocycles. The van der Waals surface area contributed by atoms with E-state index in [0.717, 1.165) is 18.6 Å². The lowest BCUT2D eigenvalue weighted by atomic mass is 9.87. The number of nitrogens with one attached hydrogen (secondary N) is 1. The van der Waals surface area contributed by atoms with Gasteiger partial charge in [0, 0.05) is 25.6 Å². The molecule has 1 saturated heterocycles. The second kappa shape index (κ2) is 10.9. The van der Waals surface area contributed by atoms with Gasteiger partial charge in [-0.25, -0.2) is 4.79 Å². The Morgan fingerprint density at radius 2 is 1.86 bits per heavy atom. The van der Waals surface area contributed by atoms with E-state index in [1.165, 1.54) is 5.56 Å². The summed E-state index contributed by atoms with van der Waals surface area (Å²) in [6, 6.07) is 8.24. The number of ether oxygens (including phenoxy) is 2. The molecule has 6 nitrogen and oxygen atoms in total. The summed E-state index contributed by atoms with van der Waals surface area (Å²) in [5.74, 6) is 0.860. The molecule has 1 aromatic rings. The number of hydrogen-bond acceptors (Lipinski definition) is 4. The van der Waals surface area contributed by atoms with Gasteiger partial charge < -0.3 is 19.7 Å². The highest BCUT2D eigenvalue weighted by atomic mass is 16.6. The van der Waals surface area contributed by atoms with Crippen LogP contribution in [0.1, 0.15) is 52.0 Å². The molecule has 0 bridgehead atoms. The summed E-state index contributed by atoms with van der Waals surface area (Å²) in [6.45, 7) is 12.0. The van der Waals surface area contributed by atoms with Gasteiger partial charge in [0.05, 0.1) is 6.61 Å². The van der Waals surface area contributed by atoms with Crippen LogP contribution in [0.4, 0.5) is 4.79 Å². The monoisotopic (exact) mass is 402 g/mol. The first-order chi connectivity index (χ1) is 13.8. The summed E-state index contributed by atoms with van der Waals surface area (Å²) < 4.78 is 10.8. The van der Waals surface area contributed by atoms with Gasteiger partial charge in [0.2, 0.25) is 5.91 Å². The summed E-state index contributed by atoms with van der Waals surface area (Å²) in [5, 5.41) is 3.05. The zero-order valence-corrected chi connectivity index (χ0v) is 17.9. The first-order valence-corrected chi connectivity index (χ1v) is 10.3. The molecule has 1 aliphatic heterocycles. The average Bonchev–Trinajstić information content (AvgIpc) is 2.69. The molecular weight excluding hydrogens is 368 g/mol. The first-order valence-electron chi connectivity index (χ1n) is 10.3. The smallest absolute Gasteiger partial charge is 0.410 e. The van der Waals surface area contributed by atoms with Crippen LogP contribution in [-0.4, -0.2) is 49.2 Å². The number of benzene rings is 1. The molecule has 0 atom stereocenters. The van der Waals surface area contributed by atoms with Crippen molar-refractivity contribution < 1.29 is 19.1 Å². The van der Waals surface area contributed by atoms with Crippen LogP contribution in [0, 0.1) is 0 Å². The Labute approximate surface area is 174 Å². The molecule has 0 aliphatic carbocycles. The van der Waals surface area contributed by atoms with E-state index >= 15 is 0 Å². The van der Waals surface area contributed by atoms with Crippen LogP contribution < -0.4 is 10.1 Å². The highest BCUT2D eigenvalue weighted by Crippen LogP contribution is 2.24. The second-order valence-electron chi connectivity index (χ2n) is 8.42. The maximum Gasteiger partial charge on any atom is 0.410 e. The molecule has 1 aliphatic rings. The lowest BCUT2D eigenvalue weighted by molar-refractivity contribution is -0.122. The Hall–Kier alpha value is -2.50. The fourth-order valence-electron chi connectivity index (χ4n) is 3.20. The molecule has 6 heteroatoms. The maximum atomic E-state index is 12.2. The van der Waals surface area contributed by atoms with Gasteiger partial charge in [0.15, 0.2) is 0 Å². The molecule has 0 radical (unpaired) electrons. The van der Waals surface area contributed by atoms with Crippen LogP contribution in [0.5, 0.6) is 5.75 Å². The van der Waals surface area contributed by atoms with Gasteiger partial charge in [0.25, 0.3) is 0 Å². The normalized spacial score (nSPS) is 14.9. The molecule has 160 valence electrons. The Morgan fingerprint density at radius 3 is 2.45 bits per heavy atom. The number of nitrogens with zero attached hydrogens (tertiary/aromatic N) is 1. The SMILES string of the molecule is C=CCOC(=O)N1CCC(NC(=O)CCCOc2ccc(C(C)(C)C)cc2)CC1. The molecule has 0 saturated carbocycles. The van der Waals surface area contributed by atoms with Crippen LogP contribution in [0.25, 0.3) is 0 Å². The molecule has 1 N–H and O–H groups in total. The number of hydrogen-bond donors (Lipinski definition) is 1. The first kappa shape index (κ1) is 22.8. The zero-order chi connectivity index (χ0) is 21.3. The Balaban J connectivity index is 1.61. The largest absolute Gasteiger partial charge is 0.494 e. The molecule has 0 spiro atoms. The van der Waals surface area contributed by atoms with Crippen LogP contribution in [-0.2, 0) is 14.9 Å². The van der Waals surface area contributed by atoms with Gasteiger partial charge in [-0.05, 0) is 42.4 Å². The summed E-state index contributed by atoms with van der Waals surface area (Å²) in [6.07, 6.45) is 3.82. The van der Waals surface area contributed by atoms with Gasteiger partial charge in [-0.15, -0.1) is 0 Å². The van der Waals surface area contributed by atoms with Crippen molar-refractivity contribution in [3.8, 4) is 5.75 Å². The predicted molar refractivity (Wildman–Crippen MR) is 114 cm³/mol. The van der Waals surface area contributed by atoms with Crippen molar-refractivity contribution in [2.75, 3.05) is 26.3 Å². The predicted octanol–water partition coefficient (Wildman–Crippen LogP) is 4.05. The van der Waals surface area contributed by atoms with Gasteiger partial charge >= 0.3 is 6.09 Å². The van der Waals surface area contributed by atoms with Crippen molar-refractivity contribution >= 4 is 12.0 Å². The van der Waals surface area contributed by atoms with Crippen molar-refractivity contribution in [1.82, 2.24) is 10.2 Å². The fraction of sp³-hybridized carbons (Fsp3) is 0.565.